The van der Waals surface area contributed by atoms with Crippen LogP contribution in [0.15, 0.2) is 0 Å². The average Bonchev–Trinajstić information content (AvgIpc) is 2.91. The molecular weight excluding hydrogens is 262 g/mol. The molecule has 2 rings (SSSR count). The van der Waals surface area contributed by atoms with E-state index in [1.165, 1.54) is 12.8 Å². The molecule has 3 unspecified atom stereocenters. The summed E-state index contributed by atoms with van der Waals surface area (Å²) >= 11 is 0. The monoisotopic (exact) mass is 285 g/mol. The highest BCUT2D eigenvalue weighted by atomic mass is 16.5. The molecule has 2 aliphatic rings. The van der Waals surface area contributed by atoms with E-state index < -0.39 is 17.9 Å². The first-order valence-electron chi connectivity index (χ1n) is 7.17. The Morgan fingerprint density at radius 1 is 1.55 bits per heavy atom. The Morgan fingerprint density at radius 2 is 2.35 bits per heavy atom. The van der Waals surface area contributed by atoms with Crippen molar-refractivity contribution in [3.8, 4) is 0 Å². The van der Waals surface area contributed by atoms with Crippen LogP contribution in [0.4, 0.5) is 0 Å². The van der Waals surface area contributed by atoms with Crippen LogP contribution in [0.25, 0.3) is 0 Å². The Hall–Kier alpha value is -1.18. The molecule has 20 heavy (non-hydrogen) atoms. The van der Waals surface area contributed by atoms with Crippen LogP contribution in [0, 0.1) is 0 Å². The number of amides is 1. The van der Waals surface area contributed by atoms with Gasteiger partial charge in [0.1, 0.15) is 0 Å². The zero-order chi connectivity index (χ0) is 14.5. The Labute approximate surface area is 118 Å². The number of carbonyl (C=O) groups is 2. The SMILES string of the molecule is CCOC(=O)C(N)C(=O)NCC1CN2CCCC2CO1. The van der Waals surface area contributed by atoms with E-state index in [9.17, 15) is 9.59 Å². The fourth-order valence-electron chi connectivity index (χ4n) is 2.67. The lowest BCUT2D eigenvalue weighted by atomic mass is 10.2. The van der Waals surface area contributed by atoms with Crippen molar-refractivity contribution in [2.75, 3.05) is 32.8 Å². The molecule has 3 N–H and O–H groups in total. The Balaban J connectivity index is 1.72. The molecule has 0 aromatic rings. The van der Waals surface area contributed by atoms with Crippen LogP contribution >= 0.6 is 0 Å². The van der Waals surface area contributed by atoms with Crippen LogP contribution < -0.4 is 11.1 Å². The van der Waals surface area contributed by atoms with E-state index in [0.29, 0.717) is 19.2 Å². The van der Waals surface area contributed by atoms with Gasteiger partial charge in [0.2, 0.25) is 5.91 Å². The lowest BCUT2D eigenvalue weighted by molar-refractivity contribution is -0.148. The molecule has 0 aromatic heterocycles. The van der Waals surface area contributed by atoms with Crippen molar-refractivity contribution in [3.63, 3.8) is 0 Å². The summed E-state index contributed by atoms with van der Waals surface area (Å²) in [7, 11) is 0. The molecule has 7 nitrogen and oxygen atoms in total. The molecule has 0 saturated carbocycles. The van der Waals surface area contributed by atoms with Crippen molar-refractivity contribution in [2.45, 2.75) is 38.0 Å². The van der Waals surface area contributed by atoms with Gasteiger partial charge in [0, 0.05) is 19.1 Å². The van der Waals surface area contributed by atoms with E-state index in [0.717, 1.165) is 13.1 Å². The van der Waals surface area contributed by atoms with Crippen LogP contribution in [0.2, 0.25) is 0 Å². The highest BCUT2D eigenvalue weighted by Crippen LogP contribution is 2.22. The van der Waals surface area contributed by atoms with E-state index in [1.807, 2.05) is 0 Å². The quantitative estimate of drug-likeness (QED) is 0.490. The molecule has 114 valence electrons. The number of morpholine rings is 1. The lowest BCUT2D eigenvalue weighted by Gasteiger charge is -2.35. The van der Waals surface area contributed by atoms with Crippen molar-refractivity contribution in [2.24, 2.45) is 5.73 Å². The summed E-state index contributed by atoms with van der Waals surface area (Å²) in [5.74, 6) is -1.22. The first kappa shape index (κ1) is 15.2. The van der Waals surface area contributed by atoms with E-state index in [4.69, 9.17) is 15.2 Å². The minimum Gasteiger partial charge on any atom is -0.464 e. The summed E-state index contributed by atoms with van der Waals surface area (Å²) in [5, 5.41) is 2.65. The van der Waals surface area contributed by atoms with Gasteiger partial charge < -0.3 is 20.5 Å². The highest BCUT2D eigenvalue weighted by Gasteiger charge is 2.32. The van der Waals surface area contributed by atoms with Crippen molar-refractivity contribution in [1.82, 2.24) is 10.2 Å². The summed E-state index contributed by atoms with van der Waals surface area (Å²) in [5.41, 5.74) is 5.51. The van der Waals surface area contributed by atoms with Crippen molar-refractivity contribution in [3.05, 3.63) is 0 Å². The molecule has 0 spiro atoms. The van der Waals surface area contributed by atoms with Crippen LogP contribution in [-0.2, 0) is 19.1 Å². The molecule has 0 radical (unpaired) electrons. The van der Waals surface area contributed by atoms with Gasteiger partial charge in [-0.05, 0) is 26.3 Å². The number of nitrogens with zero attached hydrogens (tertiary/aromatic N) is 1. The van der Waals surface area contributed by atoms with Gasteiger partial charge in [-0.3, -0.25) is 9.69 Å². The number of hydrogen-bond donors (Lipinski definition) is 2. The van der Waals surface area contributed by atoms with Crippen LogP contribution in [0.5, 0.6) is 0 Å². The third-order valence-electron chi connectivity index (χ3n) is 3.79. The Morgan fingerprint density at radius 3 is 3.10 bits per heavy atom. The van der Waals surface area contributed by atoms with Gasteiger partial charge in [0.05, 0.1) is 19.3 Å². The van der Waals surface area contributed by atoms with Gasteiger partial charge in [-0.15, -0.1) is 0 Å². The lowest BCUT2D eigenvalue weighted by Crippen LogP contribution is -2.53. The number of nitrogens with two attached hydrogens (primary N) is 1. The average molecular weight is 285 g/mol. The van der Waals surface area contributed by atoms with Gasteiger partial charge in [-0.1, -0.05) is 0 Å². The number of rotatable bonds is 5. The normalized spacial score (nSPS) is 27.7. The van der Waals surface area contributed by atoms with E-state index in [2.05, 4.69) is 10.2 Å². The van der Waals surface area contributed by atoms with E-state index in [1.54, 1.807) is 6.92 Å². The predicted molar refractivity (Wildman–Crippen MR) is 72.0 cm³/mol. The molecule has 7 heteroatoms. The van der Waals surface area contributed by atoms with Crippen molar-refractivity contribution < 1.29 is 19.1 Å². The first-order chi connectivity index (χ1) is 9.61. The topological polar surface area (TPSA) is 93.9 Å². The van der Waals surface area contributed by atoms with Crippen LogP contribution in [-0.4, -0.2) is 67.8 Å². The zero-order valence-electron chi connectivity index (χ0n) is 11.8. The molecule has 2 saturated heterocycles. The minimum atomic E-state index is -1.27. The second kappa shape index (κ2) is 7.01. The molecular formula is C13H23N3O4. The summed E-state index contributed by atoms with van der Waals surface area (Å²) < 4.78 is 10.4. The third kappa shape index (κ3) is 3.68. The summed E-state index contributed by atoms with van der Waals surface area (Å²) in [4.78, 5) is 25.5. The molecule has 0 aliphatic carbocycles. The van der Waals surface area contributed by atoms with Crippen molar-refractivity contribution in [1.29, 1.82) is 0 Å². The summed E-state index contributed by atoms with van der Waals surface area (Å²) in [6, 6.07) is -0.734. The van der Waals surface area contributed by atoms with E-state index in [-0.39, 0.29) is 12.7 Å². The minimum absolute atomic E-state index is 0.0392. The maximum Gasteiger partial charge on any atom is 0.332 e. The van der Waals surface area contributed by atoms with Gasteiger partial charge in [0.25, 0.3) is 0 Å². The molecule has 1 amide bonds. The molecule has 2 fully saturated rings. The smallest absolute Gasteiger partial charge is 0.332 e. The van der Waals surface area contributed by atoms with Gasteiger partial charge in [-0.2, -0.15) is 0 Å². The Bertz CT molecular complexity index is 364. The standard InChI is InChI=1S/C13H23N3O4/c1-2-19-13(18)11(14)12(17)15-6-10-7-16-5-3-4-9(16)8-20-10/h9-11H,2-8,14H2,1H3,(H,15,17). The van der Waals surface area contributed by atoms with Gasteiger partial charge in [-0.25, -0.2) is 4.79 Å². The number of ether oxygens (including phenoxy) is 2. The number of carbonyl (C=O) groups excluding carboxylic acids is 2. The zero-order valence-corrected chi connectivity index (χ0v) is 11.8. The van der Waals surface area contributed by atoms with Crippen molar-refractivity contribution >= 4 is 11.9 Å². The molecule has 0 aromatic carbocycles. The second-order valence-corrected chi connectivity index (χ2v) is 5.22. The van der Waals surface area contributed by atoms with Crippen LogP contribution in [0.3, 0.4) is 0 Å². The first-order valence-corrected chi connectivity index (χ1v) is 7.17. The fraction of sp³-hybridized carbons (Fsp3) is 0.846. The van der Waals surface area contributed by atoms with Gasteiger partial charge in [0.15, 0.2) is 6.04 Å². The number of hydrogen-bond acceptors (Lipinski definition) is 6. The largest absolute Gasteiger partial charge is 0.464 e. The summed E-state index contributed by atoms with van der Waals surface area (Å²) in [6.45, 7) is 4.88. The van der Waals surface area contributed by atoms with Crippen LogP contribution in [0.1, 0.15) is 19.8 Å². The van der Waals surface area contributed by atoms with E-state index >= 15 is 0 Å². The number of nitrogens with one attached hydrogen (secondary N) is 1. The number of fused-ring (bicyclic) bond motifs is 1. The maximum absolute atomic E-state index is 11.7. The van der Waals surface area contributed by atoms with Gasteiger partial charge >= 0.3 is 5.97 Å². The molecule has 2 heterocycles. The highest BCUT2D eigenvalue weighted by molar-refractivity contribution is 6.01. The maximum atomic E-state index is 11.7. The predicted octanol–water partition coefficient (Wildman–Crippen LogP) is -1.14. The molecule has 0 bridgehead atoms. The fourth-order valence-corrected chi connectivity index (χ4v) is 2.67. The molecule has 3 atom stereocenters. The number of esters is 1. The third-order valence-corrected chi connectivity index (χ3v) is 3.79. The molecule has 2 aliphatic heterocycles. The second-order valence-electron chi connectivity index (χ2n) is 5.22. The Kier molecular flexibility index (Phi) is 5.33. The summed E-state index contributed by atoms with van der Waals surface area (Å²) in [6.07, 6.45) is 2.36.